The van der Waals surface area contributed by atoms with Crippen LogP contribution in [0.3, 0.4) is 0 Å². The number of sulfonamides is 1. The van der Waals surface area contributed by atoms with Crippen LogP contribution in [0.1, 0.15) is 55.7 Å². The van der Waals surface area contributed by atoms with Crippen molar-refractivity contribution in [2.45, 2.75) is 76.4 Å². The van der Waals surface area contributed by atoms with E-state index in [1.165, 1.54) is 29.2 Å². The molecule has 218 valence electrons. The fourth-order valence-corrected chi connectivity index (χ4v) is 6.63. The Kier molecular flexibility index (Phi) is 9.81. The van der Waals surface area contributed by atoms with Crippen LogP contribution in [0, 0.1) is 19.7 Å². The Morgan fingerprint density at radius 1 is 0.951 bits per heavy atom. The lowest BCUT2D eigenvalue weighted by Crippen LogP contribution is -2.53. The van der Waals surface area contributed by atoms with Crippen molar-refractivity contribution in [2.75, 3.05) is 10.8 Å². The molecule has 1 fully saturated rings. The van der Waals surface area contributed by atoms with Crippen LogP contribution in [0.25, 0.3) is 0 Å². The minimum Gasteiger partial charge on any atom is -0.352 e. The Hall–Kier alpha value is -3.72. The molecule has 3 aromatic rings. The van der Waals surface area contributed by atoms with Crippen molar-refractivity contribution in [3.05, 3.63) is 95.3 Å². The Morgan fingerprint density at radius 2 is 1.61 bits per heavy atom. The van der Waals surface area contributed by atoms with Crippen LogP contribution in [0.4, 0.5) is 10.1 Å². The zero-order chi connectivity index (χ0) is 29.6. The van der Waals surface area contributed by atoms with Crippen LogP contribution in [0.2, 0.25) is 0 Å². The topological polar surface area (TPSA) is 86.8 Å². The van der Waals surface area contributed by atoms with E-state index in [0.717, 1.165) is 41.1 Å². The number of carbonyl (C=O) groups is 2. The number of anilines is 1. The van der Waals surface area contributed by atoms with Crippen molar-refractivity contribution in [1.82, 2.24) is 10.2 Å². The van der Waals surface area contributed by atoms with Crippen molar-refractivity contribution < 1.29 is 22.4 Å². The Labute approximate surface area is 242 Å². The molecule has 0 aromatic heterocycles. The van der Waals surface area contributed by atoms with Gasteiger partial charge in [-0.3, -0.25) is 13.9 Å². The van der Waals surface area contributed by atoms with Gasteiger partial charge in [0.05, 0.1) is 10.6 Å². The third kappa shape index (κ3) is 7.52. The van der Waals surface area contributed by atoms with Gasteiger partial charge in [-0.25, -0.2) is 12.8 Å². The summed E-state index contributed by atoms with van der Waals surface area (Å²) in [5.41, 5.74) is 2.73. The van der Waals surface area contributed by atoms with Crippen molar-refractivity contribution in [2.24, 2.45) is 0 Å². The minimum absolute atomic E-state index is 0.0297. The van der Waals surface area contributed by atoms with Crippen molar-refractivity contribution >= 4 is 27.5 Å². The summed E-state index contributed by atoms with van der Waals surface area (Å²) >= 11 is 0. The molecular formula is C32H38FN3O4S. The van der Waals surface area contributed by atoms with Gasteiger partial charge in [0.25, 0.3) is 10.0 Å². The molecule has 0 unspecified atom stereocenters. The van der Waals surface area contributed by atoms with E-state index in [4.69, 9.17) is 0 Å². The summed E-state index contributed by atoms with van der Waals surface area (Å²) in [5.74, 6) is -1.20. The zero-order valence-corrected chi connectivity index (χ0v) is 24.7. The Balaban J connectivity index is 1.71. The highest BCUT2D eigenvalue weighted by molar-refractivity contribution is 7.92. The van der Waals surface area contributed by atoms with E-state index in [0.29, 0.717) is 17.7 Å². The second-order valence-electron chi connectivity index (χ2n) is 10.7. The van der Waals surface area contributed by atoms with E-state index < -0.39 is 34.3 Å². The van der Waals surface area contributed by atoms with Gasteiger partial charge in [-0.15, -0.1) is 0 Å². The molecule has 3 aromatic carbocycles. The number of hydrogen-bond acceptors (Lipinski definition) is 4. The summed E-state index contributed by atoms with van der Waals surface area (Å²) in [7, 11) is -4.13. The number of benzene rings is 3. The molecule has 7 nitrogen and oxygen atoms in total. The summed E-state index contributed by atoms with van der Waals surface area (Å²) in [6.45, 7) is 5.07. The van der Waals surface area contributed by atoms with Crippen LogP contribution in [-0.2, 0) is 26.2 Å². The molecule has 0 heterocycles. The summed E-state index contributed by atoms with van der Waals surface area (Å²) < 4.78 is 42.7. The number of nitrogens with zero attached hydrogens (tertiary/aromatic N) is 2. The molecule has 0 saturated heterocycles. The predicted molar refractivity (Wildman–Crippen MR) is 158 cm³/mol. The number of nitrogens with one attached hydrogen (secondary N) is 1. The fraction of sp³-hybridized carbons (Fsp3) is 0.375. The van der Waals surface area contributed by atoms with Gasteiger partial charge in [-0.05, 0) is 80.6 Å². The van der Waals surface area contributed by atoms with Crippen molar-refractivity contribution in [1.29, 1.82) is 0 Å². The van der Waals surface area contributed by atoms with E-state index in [-0.39, 0.29) is 23.4 Å². The van der Waals surface area contributed by atoms with Crippen molar-refractivity contribution in [3.8, 4) is 0 Å². The molecule has 9 heteroatoms. The first-order valence-corrected chi connectivity index (χ1v) is 15.5. The molecule has 0 bridgehead atoms. The lowest BCUT2D eigenvalue weighted by Gasteiger charge is -2.34. The lowest BCUT2D eigenvalue weighted by atomic mass is 10.1. The highest BCUT2D eigenvalue weighted by atomic mass is 32.2. The van der Waals surface area contributed by atoms with Gasteiger partial charge in [0.1, 0.15) is 18.4 Å². The maximum absolute atomic E-state index is 14.1. The highest BCUT2D eigenvalue weighted by Gasteiger charge is 2.34. The molecule has 1 saturated carbocycles. The molecule has 0 spiro atoms. The second kappa shape index (κ2) is 13.3. The standard InChI is InChI=1S/C32H38FN3O4S/c1-4-30(32(38)34-27-9-5-6-10-27)35(21-25-14-16-26(33)17-15-25)31(37)22-36(28-11-7-8-24(3)20-28)41(39,40)29-18-12-23(2)13-19-29/h7-8,11-20,27,30H,4-6,9-10,21-22H2,1-3H3,(H,34,38)/t30-/m0/s1. The maximum Gasteiger partial charge on any atom is 0.264 e. The van der Waals surface area contributed by atoms with Gasteiger partial charge in [-0.1, -0.05) is 61.7 Å². The molecule has 41 heavy (non-hydrogen) atoms. The largest absolute Gasteiger partial charge is 0.352 e. The normalized spacial score (nSPS) is 14.4. The number of hydrogen-bond donors (Lipinski definition) is 1. The van der Waals surface area contributed by atoms with Crippen LogP contribution >= 0.6 is 0 Å². The first-order chi connectivity index (χ1) is 19.6. The Bertz CT molecular complexity index is 1450. The zero-order valence-electron chi connectivity index (χ0n) is 23.8. The van der Waals surface area contributed by atoms with Crippen molar-refractivity contribution in [3.63, 3.8) is 0 Å². The number of rotatable bonds is 11. The number of amides is 2. The molecule has 2 amide bonds. The third-order valence-corrected chi connectivity index (χ3v) is 9.32. The van der Waals surface area contributed by atoms with E-state index in [1.807, 2.05) is 26.8 Å². The molecule has 0 radical (unpaired) electrons. The van der Waals surface area contributed by atoms with E-state index in [1.54, 1.807) is 42.5 Å². The smallest absolute Gasteiger partial charge is 0.264 e. The maximum atomic E-state index is 14.1. The predicted octanol–water partition coefficient (Wildman–Crippen LogP) is 5.50. The number of aryl methyl sites for hydroxylation is 2. The number of halogens is 1. The summed E-state index contributed by atoms with van der Waals surface area (Å²) in [4.78, 5) is 29.1. The number of carbonyl (C=O) groups excluding carboxylic acids is 2. The second-order valence-corrected chi connectivity index (χ2v) is 12.6. The molecule has 1 N–H and O–H groups in total. The molecule has 1 aliphatic rings. The van der Waals surface area contributed by atoms with Crippen LogP contribution in [-0.4, -0.2) is 43.8 Å². The first kappa shape index (κ1) is 30.2. The van der Waals surface area contributed by atoms with Crippen LogP contribution < -0.4 is 9.62 Å². The van der Waals surface area contributed by atoms with E-state index in [9.17, 15) is 22.4 Å². The van der Waals surface area contributed by atoms with E-state index in [2.05, 4.69) is 5.32 Å². The fourth-order valence-electron chi connectivity index (χ4n) is 5.22. The van der Waals surface area contributed by atoms with Gasteiger partial charge < -0.3 is 10.2 Å². The average molecular weight is 580 g/mol. The van der Waals surface area contributed by atoms with E-state index >= 15 is 0 Å². The summed E-state index contributed by atoms with van der Waals surface area (Å²) in [5, 5.41) is 3.09. The molecule has 4 rings (SSSR count). The Morgan fingerprint density at radius 3 is 2.22 bits per heavy atom. The van der Waals surface area contributed by atoms with Gasteiger partial charge in [0.15, 0.2) is 0 Å². The average Bonchev–Trinajstić information content (AvgIpc) is 3.45. The lowest BCUT2D eigenvalue weighted by molar-refractivity contribution is -0.140. The first-order valence-electron chi connectivity index (χ1n) is 14.1. The third-order valence-electron chi connectivity index (χ3n) is 7.53. The van der Waals surface area contributed by atoms with Gasteiger partial charge in [-0.2, -0.15) is 0 Å². The highest BCUT2D eigenvalue weighted by Crippen LogP contribution is 2.26. The van der Waals surface area contributed by atoms with Gasteiger partial charge >= 0.3 is 0 Å². The minimum atomic E-state index is -4.13. The SMILES string of the molecule is CC[C@@H](C(=O)NC1CCCC1)N(Cc1ccc(F)cc1)C(=O)CN(c1cccc(C)c1)S(=O)(=O)c1ccc(C)cc1. The van der Waals surface area contributed by atoms with Gasteiger partial charge in [0, 0.05) is 12.6 Å². The molecule has 1 aliphatic carbocycles. The summed E-state index contributed by atoms with van der Waals surface area (Å²) in [6.07, 6.45) is 4.21. The quantitative estimate of drug-likeness (QED) is 0.325. The molecule has 0 aliphatic heterocycles. The monoisotopic (exact) mass is 579 g/mol. The van der Waals surface area contributed by atoms with Gasteiger partial charge in [0.2, 0.25) is 11.8 Å². The van der Waals surface area contributed by atoms with Crippen LogP contribution in [0.5, 0.6) is 0 Å². The molecule has 1 atom stereocenters. The molecular weight excluding hydrogens is 541 g/mol. The van der Waals surface area contributed by atoms with Crippen LogP contribution in [0.15, 0.2) is 77.7 Å². The summed E-state index contributed by atoms with van der Waals surface area (Å²) in [6, 6.07) is 18.4.